The third-order valence-electron chi connectivity index (χ3n) is 5.08. The van der Waals surface area contributed by atoms with Crippen LogP contribution in [-0.4, -0.2) is 23.1 Å². The second-order valence-corrected chi connectivity index (χ2v) is 8.30. The number of aryl methyl sites for hydroxylation is 1. The van der Waals surface area contributed by atoms with E-state index >= 15 is 0 Å². The zero-order valence-electron chi connectivity index (χ0n) is 15.1. The molecule has 25 heavy (non-hydrogen) atoms. The first kappa shape index (κ1) is 18.5. The monoisotopic (exact) mass is 377 g/mol. The lowest BCUT2D eigenvalue weighted by Crippen LogP contribution is -2.38. The first-order valence-corrected chi connectivity index (χ1v) is 9.68. The molecule has 0 N–H and O–H groups in total. The van der Waals surface area contributed by atoms with E-state index in [-0.39, 0.29) is 0 Å². The van der Waals surface area contributed by atoms with Crippen molar-refractivity contribution >= 4 is 29.0 Å². The van der Waals surface area contributed by atoms with Gasteiger partial charge in [-0.3, -0.25) is 4.98 Å². The summed E-state index contributed by atoms with van der Waals surface area (Å²) >= 11 is 12.5. The number of hydrogen-bond donors (Lipinski definition) is 0. The van der Waals surface area contributed by atoms with Crippen LogP contribution in [0, 0.1) is 5.41 Å². The van der Waals surface area contributed by atoms with Gasteiger partial charge in [0, 0.05) is 19.5 Å². The molecule has 2 aromatic rings. The largest absolute Gasteiger partial charge is 0.355 e. The van der Waals surface area contributed by atoms with Crippen LogP contribution in [0.3, 0.4) is 0 Å². The minimum absolute atomic E-state index is 0.431. The molecule has 1 aliphatic rings. The Labute approximate surface area is 160 Å². The molecule has 134 valence electrons. The van der Waals surface area contributed by atoms with Gasteiger partial charge < -0.3 is 4.90 Å². The van der Waals surface area contributed by atoms with Crippen molar-refractivity contribution in [1.82, 2.24) is 9.97 Å². The lowest BCUT2D eigenvalue weighted by atomic mass is 9.83. The topological polar surface area (TPSA) is 29.0 Å². The van der Waals surface area contributed by atoms with Crippen LogP contribution in [0.5, 0.6) is 0 Å². The zero-order chi connectivity index (χ0) is 18.0. The van der Waals surface area contributed by atoms with E-state index in [1.165, 1.54) is 12.8 Å². The highest BCUT2D eigenvalue weighted by molar-refractivity contribution is 6.42. The van der Waals surface area contributed by atoms with E-state index in [1.807, 2.05) is 18.3 Å². The summed E-state index contributed by atoms with van der Waals surface area (Å²) in [5.74, 6) is 0.994. The normalized spacial score (nSPS) is 16.9. The molecule has 0 bridgehead atoms. The Kier molecular flexibility index (Phi) is 5.55. The molecule has 0 saturated carbocycles. The summed E-state index contributed by atoms with van der Waals surface area (Å²) < 4.78 is 0. The Bertz CT molecular complexity index is 749. The molecular weight excluding hydrogens is 353 g/mol. The smallest absolute Gasteiger partial charge is 0.147 e. The third kappa shape index (κ3) is 4.27. The molecular formula is C20H25Cl2N3. The van der Waals surface area contributed by atoms with Gasteiger partial charge in [-0.25, -0.2) is 4.98 Å². The second-order valence-electron chi connectivity index (χ2n) is 7.52. The highest BCUT2D eigenvalue weighted by Gasteiger charge is 2.26. The fraction of sp³-hybridized carbons (Fsp3) is 0.500. The number of aromatic nitrogens is 2. The highest BCUT2D eigenvalue weighted by atomic mass is 35.5. The Morgan fingerprint density at radius 2 is 1.84 bits per heavy atom. The number of piperidine rings is 1. The maximum atomic E-state index is 6.33. The van der Waals surface area contributed by atoms with Gasteiger partial charge in [0.15, 0.2) is 0 Å². The molecule has 0 aliphatic carbocycles. The summed E-state index contributed by atoms with van der Waals surface area (Å²) in [5.41, 5.74) is 3.44. The number of nitrogens with zero attached hydrogens (tertiary/aromatic N) is 3. The average molecular weight is 378 g/mol. The molecule has 1 saturated heterocycles. The van der Waals surface area contributed by atoms with E-state index in [2.05, 4.69) is 25.7 Å². The predicted octanol–water partition coefficient (Wildman–Crippen LogP) is 5.56. The summed E-state index contributed by atoms with van der Waals surface area (Å²) in [4.78, 5) is 12.0. The number of anilines is 1. The van der Waals surface area contributed by atoms with E-state index in [4.69, 9.17) is 33.2 Å². The zero-order valence-corrected chi connectivity index (χ0v) is 16.7. The van der Waals surface area contributed by atoms with Gasteiger partial charge in [-0.15, -0.1) is 0 Å². The van der Waals surface area contributed by atoms with E-state index < -0.39 is 0 Å². The fourth-order valence-electron chi connectivity index (χ4n) is 3.23. The molecule has 0 radical (unpaired) electrons. The summed E-state index contributed by atoms with van der Waals surface area (Å²) in [7, 11) is 0. The van der Waals surface area contributed by atoms with Gasteiger partial charge >= 0.3 is 0 Å². The molecule has 2 heterocycles. The molecule has 0 atom stereocenters. The molecule has 1 aromatic heterocycles. The summed E-state index contributed by atoms with van der Waals surface area (Å²) in [6.07, 6.45) is 5.80. The summed E-state index contributed by atoms with van der Waals surface area (Å²) in [5, 5.41) is 1.19. The molecule has 1 fully saturated rings. The Morgan fingerprint density at radius 1 is 1.12 bits per heavy atom. The molecule has 1 aliphatic heterocycles. The van der Waals surface area contributed by atoms with Crippen LogP contribution < -0.4 is 4.90 Å². The predicted molar refractivity (Wildman–Crippen MR) is 106 cm³/mol. The van der Waals surface area contributed by atoms with Crippen molar-refractivity contribution in [3.63, 3.8) is 0 Å². The standard InChI is InChI=1S/C20H25Cl2N3/c1-4-16-17(12-14-6-5-7-15(21)19(14)22)23-13-18(24-16)25-10-8-20(2,3)9-11-25/h5-7,13H,4,8-12H2,1-3H3. The minimum Gasteiger partial charge on any atom is -0.355 e. The van der Waals surface area contributed by atoms with E-state index in [0.29, 0.717) is 21.9 Å². The summed E-state index contributed by atoms with van der Waals surface area (Å²) in [6.45, 7) is 8.89. The van der Waals surface area contributed by atoms with Crippen molar-refractivity contribution in [2.45, 2.75) is 46.5 Å². The van der Waals surface area contributed by atoms with Crippen LogP contribution in [0.15, 0.2) is 24.4 Å². The SMILES string of the molecule is CCc1nc(N2CCC(C)(C)CC2)cnc1Cc1cccc(Cl)c1Cl. The first-order valence-electron chi connectivity index (χ1n) is 8.92. The van der Waals surface area contributed by atoms with Crippen molar-refractivity contribution in [2.75, 3.05) is 18.0 Å². The molecule has 3 rings (SSSR count). The van der Waals surface area contributed by atoms with Crippen LogP contribution in [-0.2, 0) is 12.8 Å². The van der Waals surface area contributed by atoms with E-state index in [1.54, 1.807) is 6.07 Å². The maximum Gasteiger partial charge on any atom is 0.147 e. The maximum absolute atomic E-state index is 6.33. The number of hydrogen-bond acceptors (Lipinski definition) is 3. The van der Waals surface area contributed by atoms with Crippen molar-refractivity contribution in [3.8, 4) is 0 Å². The molecule has 0 unspecified atom stereocenters. The van der Waals surface area contributed by atoms with Gasteiger partial charge in [-0.05, 0) is 36.3 Å². The quantitative estimate of drug-likeness (QED) is 0.697. The van der Waals surface area contributed by atoms with Gasteiger partial charge in [0.05, 0.1) is 27.6 Å². The Morgan fingerprint density at radius 3 is 2.52 bits per heavy atom. The minimum atomic E-state index is 0.431. The van der Waals surface area contributed by atoms with Gasteiger partial charge in [0.2, 0.25) is 0 Å². The van der Waals surface area contributed by atoms with Crippen molar-refractivity contribution in [1.29, 1.82) is 0 Å². The van der Waals surface area contributed by atoms with Gasteiger partial charge in [0.25, 0.3) is 0 Å². The Hall–Kier alpha value is -1.32. The molecule has 0 amide bonds. The molecule has 3 nitrogen and oxygen atoms in total. The lowest BCUT2D eigenvalue weighted by molar-refractivity contribution is 0.279. The number of benzene rings is 1. The van der Waals surface area contributed by atoms with Crippen LogP contribution in [0.2, 0.25) is 10.0 Å². The van der Waals surface area contributed by atoms with Crippen LogP contribution in [0.4, 0.5) is 5.82 Å². The van der Waals surface area contributed by atoms with Crippen LogP contribution in [0.25, 0.3) is 0 Å². The van der Waals surface area contributed by atoms with Gasteiger partial charge in [-0.2, -0.15) is 0 Å². The number of rotatable bonds is 4. The second kappa shape index (κ2) is 7.51. The Balaban J connectivity index is 1.82. The number of halogens is 2. The lowest BCUT2D eigenvalue weighted by Gasteiger charge is -2.37. The highest BCUT2D eigenvalue weighted by Crippen LogP contribution is 2.32. The van der Waals surface area contributed by atoms with Gasteiger partial charge in [0.1, 0.15) is 5.82 Å². The first-order chi connectivity index (χ1) is 11.9. The van der Waals surface area contributed by atoms with E-state index in [9.17, 15) is 0 Å². The van der Waals surface area contributed by atoms with Crippen LogP contribution in [0.1, 0.15) is 50.6 Å². The summed E-state index contributed by atoms with van der Waals surface area (Å²) in [6, 6.07) is 5.73. The molecule has 0 spiro atoms. The van der Waals surface area contributed by atoms with Crippen molar-refractivity contribution in [2.24, 2.45) is 5.41 Å². The van der Waals surface area contributed by atoms with Crippen LogP contribution >= 0.6 is 23.2 Å². The third-order valence-corrected chi connectivity index (χ3v) is 5.94. The fourth-order valence-corrected chi connectivity index (χ4v) is 3.62. The van der Waals surface area contributed by atoms with Crippen molar-refractivity contribution in [3.05, 3.63) is 51.4 Å². The van der Waals surface area contributed by atoms with E-state index in [0.717, 1.165) is 42.3 Å². The van der Waals surface area contributed by atoms with Gasteiger partial charge in [-0.1, -0.05) is 56.1 Å². The molecule has 5 heteroatoms. The molecule has 1 aromatic carbocycles. The van der Waals surface area contributed by atoms with Crippen molar-refractivity contribution < 1.29 is 0 Å². The average Bonchev–Trinajstić information content (AvgIpc) is 2.59.